The fraction of sp³-hybridized carbons (Fsp3) is 0.391. The lowest BCUT2D eigenvalue weighted by atomic mass is 10.0. The fourth-order valence-electron chi connectivity index (χ4n) is 3.33. The third-order valence-corrected chi connectivity index (χ3v) is 4.88. The maximum Gasteiger partial charge on any atom is 0.253 e. The Balaban J connectivity index is 2.03. The summed E-state index contributed by atoms with van der Waals surface area (Å²) < 4.78 is 0. The lowest BCUT2D eigenvalue weighted by Crippen LogP contribution is -2.32. The van der Waals surface area contributed by atoms with Crippen LogP contribution in [0.3, 0.4) is 0 Å². The molecule has 2 N–H and O–H groups in total. The van der Waals surface area contributed by atoms with Gasteiger partial charge in [0.1, 0.15) is 6.04 Å². The van der Waals surface area contributed by atoms with Crippen LogP contribution in [-0.4, -0.2) is 35.8 Å². The van der Waals surface area contributed by atoms with Crippen LogP contribution in [0.15, 0.2) is 36.4 Å². The average molecular weight is 382 g/mol. The fourth-order valence-corrected chi connectivity index (χ4v) is 3.33. The first-order valence-electron chi connectivity index (χ1n) is 9.81. The average Bonchev–Trinajstić information content (AvgIpc) is 2.65. The Hall–Kier alpha value is -2.82. The number of hydrogen-bond acceptors (Lipinski definition) is 3. The van der Waals surface area contributed by atoms with Gasteiger partial charge in [0.2, 0.25) is 5.91 Å². The van der Waals surface area contributed by atoms with Crippen LogP contribution in [0.25, 0.3) is 0 Å². The van der Waals surface area contributed by atoms with E-state index in [2.05, 4.69) is 22.8 Å². The number of hydrogen-bond donors (Lipinski definition) is 2. The van der Waals surface area contributed by atoms with Gasteiger partial charge in [0.05, 0.1) is 0 Å². The monoisotopic (exact) mass is 381 g/mol. The first-order valence-corrected chi connectivity index (χ1v) is 9.81. The van der Waals surface area contributed by atoms with Crippen LogP contribution in [0.2, 0.25) is 0 Å². The van der Waals surface area contributed by atoms with E-state index in [-0.39, 0.29) is 11.8 Å². The normalized spacial score (nSPS) is 11.6. The van der Waals surface area contributed by atoms with Gasteiger partial charge >= 0.3 is 0 Å². The number of anilines is 2. The van der Waals surface area contributed by atoms with Crippen molar-refractivity contribution in [3.8, 4) is 0 Å². The second-order valence-electron chi connectivity index (χ2n) is 7.18. The quantitative estimate of drug-likeness (QED) is 0.740. The summed E-state index contributed by atoms with van der Waals surface area (Å²) in [6.07, 6.45) is 0. The first kappa shape index (κ1) is 21.5. The lowest BCUT2D eigenvalue weighted by molar-refractivity contribution is -0.116. The van der Waals surface area contributed by atoms with E-state index in [0.29, 0.717) is 18.7 Å². The number of carbonyl (C=O) groups excluding carboxylic acids is 2. The molecule has 0 aliphatic rings. The summed E-state index contributed by atoms with van der Waals surface area (Å²) in [6.45, 7) is 13.2. The van der Waals surface area contributed by atoms with Crippen molar-refractivity contribution in [1.82, 2.24) is 4.90 Å². The van der Waals surface area contributed by atoms with E-state index < -0.39 is 6.04 Å². The summed E-state index contributed by atoms with van der Waals surface area (Å²) >= 11 is 0. The zero-order valence-electron chi connectivity index (χ0n) is 17.7. The van der Waals surface area contributed by atoms with E-state index in [1.54, 1.807) is 17.0 Å². The summed E-state index contributed by atoms with van der Waals surface area (Å²) in [7, 11) is 0. The molecule has 5 nitrogen and oxygen atoms in total. The molecule has 2 aromatic rings. The molecule has 28 heavy (non-hydrogen) atoms. The molecule has 0 aliphatic heterocycles. The molecule has 0 aliphatic carbocycles. The van der Waals surface area contributed by atoms with Gasteiger partial charge in [-0.3, -0.25) is 9.59 Å². The minimum atomic E-state index is -0.413. The second kappa shape index (κ2) is 9.40. The Labute approximate surface area is 168 Å². The third kappa shape index (κ3) is 5.12. The Bertz CT molecular complexity index is 816. The molecule has 0 radical (unpaired) electrons. The number of benzene rings is 2. The van der Waals surface area contributed by atoms with Crippen LogP contribution in [0.1, 0.15) is 47.8 Å². The Morgan fingerprint density at radius 1 is 0.964 bits per heavy atom. The Morgan fingerprint density at radius 2 is 1.50 bits per heavy atom. The highest BCUT2D eigenvalue weighted by Gasteiger charge is 2.16. The van der Waals surface area contributed by atoms with Crippen LogP contribution < -0.4 is 10.6 Å². The molecule has 2 aromatic carbocycles. The maximum atomic E-state index is 12.6. The summed E-state index contributed by atoms with van der Waals surface area (Å²) in [5.41, 5.74) is 5.60. The van der Waals surface area contributed by atoms with E-state index in [1.165, 1.54) is 5.56 Å². The molecular weight excluding hydrogens is 350 g/mol. The molecule has 0 heterocycles. The molecule has 0 unspecified atom stereocenters. The largest absolute Gasteiger partial charge is 0.374 e. The van der Waals surface area contributed by atoms with Crippen molar-refractivity contribution in [2.45, 2.75) is 47.6 Å². The minimum Gasteiger partial charge on any atom is -0.374 e. The van der Waals surface area contributed by atoms with Gasteiger partial charge in [-0.1, -0.05) is 17.7 Å². The van der Waals surface area contributed by atoms with E-state index in [0.717, 1.165) is 22.5 Å². The molecule has 5 heteroatoms. The van der Waals surface area contributed by atoms with Gasteiger partial charge < -0.3 is 15.5 Å². The van der Waals surface area contributed by atoms with Crippen molar-refractivity contribution in [3.63, 3.8) is 0 Å². The second-order valence-corrected chi connectivity index (χ2v) is 7.18. The highest BCUT2D eigenvalue weighted by atomic mass is 16.2. The van der Waals surface area contributed by atoms with Crippen LogP contribution in [0.4, 0.5) is 11.4 Å². The number of aryl methyl sites for hydroxylation is 3. The number of rotatable bonds is 7. The topological polar surface area (TPSA) is 61.4 Å². The van der Waals surface area contributed by atoms with Gasteiger partial charge in [-0.05, 0) is 76.9 Å². The highest BCUT2D eigenvalue weighted by molar-refractivity contribution is 5.98. The van der Waals surface area contributed by atoms with Crippen molar-refractivity contribution in [2.24, 2.45) is 0 Å². The van der Waals surface area contributed by atoms with Crippen LogP contribution in [0.5, 0.6) is 0 Å². The van der Waals surface area contributed by atoms with Gasteiger partial charge in [-0.15, -0.1) is 0 Å². The molecule has 0 aromatic heterocycles. The molecule has 1 atom stereocenters. The lowest BCUT2D eigenvalue weighted by Gasteiger charge is -2.20. The van der Waals surface area contributed by atoms with Crippen LogP contribution in [0, 0.1) is 20.8 Å². The predicted octanol–water partition coefficient (Wildman–Crippen LogP) is 4.53. The summed E-state index contributed by atoms with van der Waals surface area (Å²) in [5, 5.41) is 6.22. The van der Waals surface area contributed by atoms with Gasteiger partial charge in [0.25, 0.3) is 5.91 Å². The molecule has 2 amide bonds. The molecule has 0 saturated carbocycles. The van der Waals surface area contributed by atoms with Gasteiger partial charge in [-0.25, -0.2) is 0 Å². The van der Waals surface area contributed by atoms with Crippen molar-refractivity contribution >= 4 is 23.2 Å². The van der Waals surface area contributed by atoms with Gasteiger partial charge in [0.15, 0.2) is 0 Å². The smallest absolute Gasteiger partial charge is 0.253 e. The predicted molar refractivity (Wildman–Crippen MR) is 116 cm³/mol. The molecule has 0 fully saturated rings. The van der Waals surface area contributed by atoms with Crippen LogP contribution >= 0.6 is 0 Å². The zero-order chi connectivity index (χ0) is 20.8. The Kier molecular flexibility index (Phi) is 7.21. The van der Waals surface area contributed by atoms with E-state index in [9.17, 15) is 9.59 Å². The first-order chi connectivity index (χ1) is 13.3. The van der Waals surface area contributed by atoms with E-state index >= 15 is 0 Å². The standard InChI is InChI=1S/C23H31N3O2/c1-7-26(8-2)23(28)19-9-11-20(12-10-19)24-18(6)22(27)25-21-16(4)13-15(3)14-17(21)5/h9-14,18,24H,7-8H2,1-6H3,(H,25,27)/t18-/m0/s1. The number of nitrogens with one attached hydrogen (secondary N) is 2. The SMILES string of the molecule is CCN(CC)C(=O)c1ccc(N[C@@H](C)C(=O)Nc2c(C)cc(C)cc2C)cc1. The van der Waals surface area contributed by atoms with Crippen molar-refractivity contribution in [1.29, 1.82) is 0 Å². The molecule has 0 saturated heterocycles. The third-order valence-electron chi connectivity index (χ3n) is 4.88. The molecule has 150 valence electrons. The molecule has 2 rings (SSSR count). The van der Waals surface area contributed by atoms with Gasteiger partial charge in [0, 0.05) is 30.0 Å². The summed E-state index contributed by atoms with van der Waals surface area (Å²) in [5.74, 6) is -0.0778. The zero-order valence-corrected chi connectivity index (χ0v) is 17.7. The molecule has 0 bridgehead atoms. The van der Waals surface area contributed by atoms with E-state index in [4.69, 9.17) is 0 Å². The van der Waals surface area contributed by atoms with Crippen molar-refractivity contribution in [3.05, 3.63) is 58.7 Å². The number of carbonyl (C=O) groups is 2. The summed E-state index contributed by atoms with van der Waals surface area (Å²) in [4.78, 5) is 26.8. The highest BCUT2D eigenvalue weighted by Crippen LogP contribution is 2.22. The number of nitrogens with zero attached hydrogens (tertiary/aromatic N) is 1. The van der Waals surface area contributed by atoms with Crippen molar-refractivity contribution in [2.75, 3.05) is 23.7 Å². The minimum absolute atomic E-state index is 0.0210. The summed E-state index contributed by atoms with van der Waals surface area (Å²) in [6, 6.07) is 11.0. The molecular formula is C23H31N3O2. The van der Waals surface area contributed by atoms with Gasteiger partial charge in [-0.2, -0.15) is 0 Å². The Morgan fingerprint density at radius 3 is 2.00 bits per heavy atom. The maximum absolute atomic E-state index is 12.6. The van der Waals surface area contributed by atoms with Crippen LogP contribution in [-0.2, 0) is 4.79 Å². The van der Waals surface area contributed by atoms with Crippen molar-refractivity contribution < 1.29 is 9.59 Å². The molecule has 0 spiro atoms. The number of amides is 2. The van der Waals surface area contributed by atoms with E-state index in [1.807, 2.05) is 53.7 Å².